The summed E-state index contributed by atoms with van der Waals surface area (Å²) in [5, 5.41) is 4.09. The van der Waals surface area contributed by atoms with Gasteiger partial charge in [0, 0.05) is 40.9 Å². The second kappa shape index (κ2) is 13.2. The molecule has 204 valence electrons. The van der Waals surface area contributed by atoms with Crippen LogP contribution in [0.4, 0.5) is 0 Å². The standard InChI is InChI=1S/C30H31Cl2N3O4/c31-23-9-7-22(24(32)17-23)18-38-28-16-21(30(36)33-13-3-4-20-11-14-37-15-12-20)8-10-27(28)39-19-29-34-25-5-1-2-6-26(25)35-29/h1-2,5-10,16-17,20H,3-4,11-15,18-19H2,(H,33,36)(H,34,35). The zero-order valence-electron chi connectivity index (χ0n) is 21.6. The number of hydrogen-bond acceptors (Lipinski definition) is 5. The first-order chi connectivity index (χ1) is 19.0. The predicted octanol–water partition coefficient (Wildman–Crippen LogP) is 6.96. The van der Waals surface area contributed by atoms with Gasteiger partial charge in [0.1, 0.15) is 19.0 Å². The van der Waals surface area contributed by atoms with E-state index in [0.29, 0.717) is 45.4 Å². The van der Waals surface area contributed by atoms with E-state index in [1.165, 1.54) is 0 Å². The third-order valence-electron chi connectivity index (χ3n) is 6.82. The van der Waals surface area contributed by atoms with Gasteiger partial charge in [-0.3, -0.25) is 4.79 Å². The van der Waals surface area contributed by atoms with Crippen molar-refractivity contribution in [1.29, 1.82) is 0 Å². The quantitative estimate of drug-likeness (QED) is 0.191. The number of H-pyrrole nitrogens is 1. The van der Waals surface area contributed by atoms with E-state index in [2.05, 4.69) is 15.3 Å². The molecule has 7 nitrogen and oxygen atoms in total. The van der Waals surface area contributed by atoms with Gasteiger partial charge in [-0.15, -0.1) is 0 Å². The van der Waals surface area contributed by atoms with Crippen LogP contribution in [-0.4, -0.2) is 35.6 Å². The first-order valence-electron chi connectivity index (χ1n) is 13.2. The smallest absolute Gasteiger partial charge is 0.251 e. The summed E-state index contributed by atoms with van der Waals surface area (Å²) < 4.78 is 17.6. The zero-order chi connectivity index (χ0) is 27.0. The van der Waals surface area contributed by atoms with E-state index in [-0.39, 0.29) is 19.1 Å². The number of fused-ring (bicyclic) bond motifs is 1. The van der Waals surface area contributed by atoms with Gasteiger partial charge in [-0.05, 0) is 74.1 Å². The molecule has 3 aromatic carbocycles. The highest BCUT2D eigenvalue weighted by Gasteiger charge is 2.16. The van der Waals surface area contributed by atoms with E-state index in [0.717, 1.165) is 55.5 Å². The molecule has 0 aliphatic carbocycles. The fraction of sp³-hybridized carbons (Fsp3) is 0.333. The summed E-state index contributed by atoms with van der Waals surface area (Å²) in [5.74, 6) is 2.15. The molecule has 4 aromatic rings. The Kier molecular flexibility index (Phi) is 9.24. The van der Waals surface area contributed by atoms with E-state index >= 15 is 0 Å². The molecular weight excluding hydrogens is 537 g/mol. The maximum Gasteiger partial charge on any atom is 0.251 e. The van der Waals surface area contributed by atoms with Crippen LogP contribution in [0.25, 0.3) is 11.0 Å². The van der Waals surface area contributed by atoms with Gasteiger partial charge in [-0.1, -0.05) is 41.4 Å². The van der Waals surface area contributed by atoms with E-state index in [9.17, 15) is 4.79 Å². The van der Waals surface area contributed by atoms with E-state index in [4.69, 9.17) is 37.4 Å². The number of imidazole rings is 1. The van der Waals surface area contributed by atoms with Crippen LogP contribution in [0.15, 0.2) is 60.7 Å². The van der Waals surface area contributed by atoms with Crippen molar-refractivity contribution in [3.05, 3.63) is 87.7 Å². The molecule has 1 aliphatic heterocycles. The topological polar surface area (TPSA) is 85.5 Å². The number of carbonyl (C=O) groups excluding carboxylic acids is 1. The summed E-state index contributed by atoms with van der Waals surface area (Å²) in [6, 6.07) is 18.2. The largest absolute Gasteiger partial charge is 0.485 e. The van der Waals surface area contributed by atoms with Crippen molar-refractivity contribution in [2.24, 2.45) is 5.92 Å². The van der Waals surface area contributed by atoms with Gasteiger partial charge < -0.3 is 24.5 Å². The number of halogens is 2. The lowest BCUT2D eigenvalue weighted by Gasteiger charge is -2.21. The predicted molar refractivity (Wildman–Crippen MR) is 153 cm³/mol. The number of para-hydroxylation sites is 2. The normalized spacial score (nSPS) is 13.9. The molecule has 1 fully saturated rings. The van der Waals surface area contributed by atoms with Crippen LogP contribution in [0.5, 0.6) is 11.5 Å². The first kappa shape index (κ1) is 27.3. The summed E-state index contributed by atoms with van der Waals surface area (Å²) in [7, 11) is 0. The molecule has 0 saturated carbocycles. The number of nitrogens with one attached hydrogen (secondary N) is 2. The van der Waals surface area contributed by atoms with E-state index in [1.807, 2.05) is 30.3 Å². The SMILES string of the molecule is O=C(NCCCC1CCOCC1)c1ccc(OCc2nc3ccccc3[nH]2)c(OCc2ccc(Cl)cc2Cl)c1. The molecule has 0 radical (unpaired) electrons. The molecule has 2 N–H and O–H groups in total. The number of carbonyl (C=O) groups is 1. The highest BCUT2D eigenvalue weighted by molar-refractivity contribution is 6.35. The fourth-order valence-electron chi connectivity index (χ4n) is 4.63. The van der Waals surface area contributed by atoms with E-state index < -0.39 is 0 Å². The number of nitrogens with zero attached hydrogens (tertiary/aromatic N) is 1. The molecule has 0 bridgehead atoms. The fourth-order valence-corrected chi connectivity index (χ4v) is 5.09. The lowest BCUT2D eigenvalue weighted by molar-refractivity contribution is 0.0631. The summed E-state index contributed by atoms with van der Waals surface area (Å²) in [6.07, 6.45) is 4.23. The Morgan fingerprint density at radius 3 is 2.64 bits per heavy atom. The number of aromatic amines is 1. The third-order valence-corrected chi connectivity index (χ3v) is 7.41. The molecule has 1 saturated heterocycles. The minimum absolute atomic E-state index is 0.153. The summed E-state index contributed by atoms with van der Waals surface area (Å²) in [6.45, 7) is 2.70. The maximum absolute atomic E-state index is 12.9. The molecule has 0 spiro atoms. The van der Waals surface area contributed by atoms with Crippen molar-refractivity contribution in [2.75, 3.05) is 19.8 Å². The minimum atomic E-state index is -0.153. The Labute approximate surface area is 237 Å². The molecule has 1 aromatic heterocycles. The van der Waals surface area contributed by atoms with Gasteiger partial charge >= 0.3 is 0 Å². The van der Waals surface area contributed by atoms with Gasteiger partial charge in [0.2, 0.25) is 0 Å². The Bertz CT molecular complexity index is 1390. The maximum atomic E-state index is 12.9. The number of aromatic nitrogens is 2. The number of benzene rings is 3. The first-order valence-corrected chi connectivity index (χ1v) is 13.9. The average Bonchev–Trinajstić information content (AvgIpc) is 3.37. The van der Waals surface area contributed by atoms with Crippen molar-refractivity contribution in [1.82, 2.24) is 15.3 Å². The molecule has 0 atom stereocenters. The molecule has 2 heterocycles. The number of hydrogen-bond donors (Lipinski definition) is 2. The summed E-state index contributed by atoms with van der Waals surface area (Å²) >= 11 is 12.4. The van der Waals surface area contributed by atoms with Crippen LogP contribution in [-0.2, 0) is 18.0 Å². The Balaban J connectivity index is 1.26. The second-order valence-corrected chi connectivity index (χ2v) is 10.5. The van der Waals surface area contributed by atoms with E-state index in [1.54, 1.807) is 30.3 Å². The van der Waals surface area contributed by atoms with Gasteiger partial charge in [0.25, 0.3) is 5.91 Å². The number of amides is 1. The van der Waals surface area contributed by atoms with Crippen LogP contribution in [0.1, 0.15) is 47.4 Å². The van der Waals surface area contributed by atoms with Crippen molar-refractivity contribution in [3.63, 3.8) is 0 Å². The van der Waals surface area contributed by atoms with Crippen LogP contribution in [0, 0.1) is 5.92 Å². The Morgan fingerprint density at radius 2 is 1.82 bits per heavy atom. The van der Waals surface area contributed by atoms with Crippen LogP contribution in [0.2, 0.25) is 10.0 Å². The summed E-state index contributed by atoms with van der Waals surface area (Å²) in [4.78, 5) is 20.8. The molecule has 1 amide bonds. The van der Waals surface area contributed by atoms with Crippen molar-refractivity contribution in [2.45, 2.75) is 38.9 Å². The van der Waals surface area contributed by atoms with Gasteiger partial charge in [0.15, 0.2) is 11.5 Å². The van der Waals surface area contributed by atoms with Gasteiger partial charge in [-0.2, -0.15) is 0 Å². The zero-order valence-corrected chi connectivity index (χ0v) is 23.1. The molecule has 0 unspecified atom stereocenters. The molecule has 9 heteroatoms. The Hall–Kier alpha value is -3.26. The van der Waals surface area contributed by atoms with Crippen molar-refractivity contribution >= 4 is 40.1 Å². The average molecular weight is 569 g/mol. The Morgan fingerprint density at radius 1 is 1.00 bits per heavy atom. The lowest BCUT2D eigenvalue weighted by Crippen LogP contribution is -2.25. The van der Waals surface area contributed by atoms with Crippen LogP contribution < -0.4 is 14.8 Å². The van der Waals surface area contributed by atoms with Crippen LogP contribution >= 0.6 is 23.2 Å². The van der Waals surface area contributed by atoms with Crippen molar-refractivity contribution < 1.29 is 19.0 Å². The third kappa shape index (κ3) is 7.44. The van der Waals surface area contributed by atoms with Gasteiger partial charge in [-0.25, -0.2) is 4.98 Å². The number of ether oxygens (including phenoxy) is 3. The van der Waals surface area contributed by atoms with Crippen LogP contribution in [0.3, 0.4) is 0 Å². The molecular formula is C30H31Cl2N3O4. The summed E-state index contributed by atoms with van der Waals surface area (Å²) in [5.41, 5.74) is 3.07. The lowest BCUT2D eigenvalue weighted by atomic mass is 9.95. The number of rotatable bonds is 11. The minimum Gasteiger partial charge on any atom is -0.485 e. The molecule has 1 aliphatic rings. The highest BCUT2D eigenvalue weighted by Crippen LogP contribution is 2.31. The molecule has 39 heavy (non-hydrogen) atoms. The highest BCUT2D eigenvalue weighted by atomic mass is 35.5. The monoisotopic (exact) mass is 567 g/mol. The second-order valence-electron chi connectivity index (χ2n) is 9.63. The van der Waals surface area contributed by atoms with Gasteiger partial charge in [0.05, 0.1) is 11.0 Å². The van der Waals surface area contributed by atoms with Crippen molar-refractivity contribution in [3.8, 4) is 11.5 Å². The molecule has 5 rings (SSSR count).